The SMILES string of the molecule is Cc1cn2c(C)c(-c3ccc4nc(C5CCN(C)CC5)[nH]c(=O)c4c3)ccc2n1. The van der Waals surface area contributed by atoms with E-state index in [0.29, 0.717) is 11.3 Å². The molecule has 148 valence electrons. The zero-order valence-electron chi connectivity index (χ0n) is 17.1. The molecule has 0 aliphatic carbocycles. The van der Waals surface area contributed by atoms with Crippen LogP contribution in [0.4, 0.5) is 0 Å². The van der Waals surface area contributed by atoms with Gasteiger partial charge in [-0.15, -0.1) is 0 Å². The number of rotatable bonds is 2. The molecule has 1 aromatic carbocycles. The van der Waals surface area contributed by atoms with Crippen molar-refractivity contribution < 1.29 is 0 Å². The molecule has 5 rings (SSSR count). The molecule has 29 heavy (non-hydrogen) atoms. The highest BCUT2D eigenvalue weighted by atomic mass is 16.1. The van der Waals surface area contributed by atoms with Gasteiger partial charge >= 0.3 is 0 Å². The first-order chi connectivity index (χ1) is 14.0. The fraction of sp³-hybridized carbons (Fsp3) is 0.348. The summed E-state index contributed by atoms with van der Waals surface area (Å²) in [5.74, 6) is 1.16. The van der Waals surface area contributed by atoms with Gasteiger partial charge < -0.3 is 14.3 Å². The van der Waals surface area contributed by atoms with Gasteiger partial charge in [-0.1, -0.05) is 6.07 Å². The number of aromatic amines is 1. The van der Waals surface area contributed by atoms with Crippen molar-refractivity contribution in [3.05, 3.63) is 64.1 Å². The molecule has 6 nitrogen and oxygen atoms in total. The molecule has 0 saturated carbocycles. The lowest BCUT2D eigenvalue weighted by molar-refractivity contribution is 0.251. The van der Waals surface area contributed by atoms with E-state index >= 15 is 0 Å². The molecular weight excluding hydrogens is 362 g/mol. The molecule has 4 heterocycles. The van der Waals surface area contributed by atoms with E-state index in [4.69, 9.17) is 4.98 Å². The second-order valence-electron chi connectivity index (χ2n) is 8.20. The van der Waals surface area contributed by atoms with Crippen LogP contribution < -0.4 is 5.56 Å². The van der Waals surface area contributed by atoms with Crippen molar-refractivity contribution in [1.29, 1.82) is 0 Å². The van der Waals surface area contributed by atoms with Gasteiger partial charge in [0, 0.05) is 23.4 Å². The quantitative estimate of drug-likeness (QED) is 0.570. The average Bonchev–Trinajstić information content (AvgIpc) is 3.10. The number of piperidine rings is 1. The third kappa shape index (κ3) is 3.13. The first kappa shape index (κ1) is 18.1. The summed E-state index contributed by atoms with van der Waals surface area (Å²) in [6, 6.07) is 10.1. The second-order valence-corrected chi connectivity index (χ2v) is 8.20. The van der Waals surface area contributed by atoms with Crippen LogP contribution in [-0.4, -0.2) is 44.4 Å². The molecule has 1 aliphatic rings. The third-order valence-electron chi connectivity index (χ3n) is 6.14. The first-order valence-electron chi connectivity index (χ1n) is 10.2. The Kier molecular flexibility index (Phi) is 4.24. The van der Waals surface area contributed by atoms with Gasteiger partial charge in [-0.2, -0.15) is 0 Å². The third-order valence-corrected chi connectivity index (χ3v) is 6.14. The molecule has 0 radical (unpaired) electrons. The van der Waals surface area contributed by atoms with Gasteiger partial charge in [-0.05, 0) is 76.7 Å². The van der Waals surface area contributed by atoms with Crippen molar-refractivity contribution in [2.24, 2.45) is 0 Å². The lowest BCUT2D eigenvalue weighted by Gasteiger charge is -2.28. The first-order valence-corrected chi connectivity index (χ1v) is 10.2. The number of likely N-dealkylation sites (tertiary alicyclic amines) is 1. The van der Waals surface area contributed by atoms with Crippen LogP contribution in [0, 0.1) is 13.8 Å². The Hall–Kier alpha value is -2.99. The number of fused-ring (bicyclic) bond motifs is 2. The van der Waals surface area contributed by atoms with Crippen molar-refractivity contribution in [2.75, 3.05) is 20.1 Å². The van der Waals surface area contributed by atoms with Crippen LogP contribution in [0.3, 0.4) is 0 Å². The van der Waals surface area contributed by atoms with Crippen LogP contribution in [0.2, 0.25) is 0 Å². The summed E-state index contributed by atoms with van der Waals surface area (Å²) >= 11 is 0. The maximum Gasteiger partial charge on any atom is 0.258 e. The summed E-state index contributed by atoms with van der Waals surface area (Å²) in [5, 5.41) is 0.639. The lowest BCUT2D eigenvalue weighted by Crippen LogP contribution is -2.30. The summed E-state index contributed by atoms with van der Waals surface area (Å²) in [5.41, 5.74) is 5.86. The van der Waals surface area contributed by atoms with E-state index in [1.807, 2.05) is 31.3 Å². The van der Waals surface area contributed by atoms with Crippen LogP contribution in [0.5, 0.6) is 0 Å². The molecule has 6 heteroatoms. The fourth-order valence-electron chi connectivity index (χ4n) is 4.42. The number of imidazole rings is 1. The number of H-pyrrole nitrogens is 1. The predicted molar refractivity (Wildman–Crippen MR) is 115 cm³/mol. The molecule has 0 atom stereocenters. The van der Waals surface area contributed by atoms with Crippen LogP contribution in [0.15, 0.2) is 41.3 Å². The Labute approximate surface area is 169 Å². The molecule has 1 N–H and O–H groups in total. The highest BCUT2D eigenvalue weighted by Crippen LogP contribution is 2.28. The molecule has 0 spiro atoms. The van der Waals surface area contributed by atoms with Crippen molar-refractivity contribution in [3.8, 4) is 11.1 Å². The van der Waals surface area contributed by atoms with E-state index < -0.39 is 0 Å². The van der Waals surface area contributed by atoms with E-state index in [1.54, 1.807) is 0 Å². The maximum absolute atomic E-state index is 12.9. The van der Waals surface area contributed by atoms with Gasteiger partial charge in [0.05, 0.1) is 16.6 Å². The molecule has 3 aromatic heterocycles. The maximum atomic E-state index is 12.9. The van der Waals surface area contributed by atoms with E-state index in [9.17, 15) is 4.79 Å². The van der Waals surface area contributed by atoms with Gasteiger partial charge in [0.2, 0.25) is 0 Å². The topological polar surface area (TPSA) is 66.3 Å². The van der Waals surface area contributed by atoms with E-state index in [2.05, 4.69) is 45.4 Å². The largest absolute Gasteiger partial charge is 0.310 e. The van der Waals surface area contributed by atoms with Gasteiger partial charge in [-0.25, -0.2) is 9.97 Å². The lowest BCUT2D eigenvalue weighted by atomic mass is 9.96. The summed E-state index contributed by atoms with van der Waals surface area (Å²) in [6.07, 6.45) is 4.11. The Morgan fingerprint density at radius 1 is 1.07 bits per heavy atom. The normalized spacial score (nSPS) is 16.1. The Bertz CT molecular complexity index is 1280. The van der Waals surface area contributed by atoms with Crippen LogP contribution in [0.1, 0.15) is 36.0 Å². The van der Waals surface area contributed by atoms with Gasteiger partial charge in [0.1, 0.15) is 11.5 Å². The van der Waals surface area contributed by atoms with E-state index in [0.717, 1.165) is 65.4 Å². The molecule has 4 aromatic rings. The van der Waals surface area contributed by atoms with Crippen LogP contribution in [-0.2, 0) is 0 Å². The highest BCUT2D eigenvalue weighted by molar-refractivity contribution is 5.84. The van der Waals surface area contributed by atoms with Crippen molar-refractivity contribution in [3.63, 3.8) is 0 Å². The minimum atomic E-state index is -0.0528. The predicted octanol–water partition coefficient (Wildman–Crippen LogP) is 3.66. The molecule has 1 saturated heterocycles. The molecule has 0 unspecified atom stereocenters. The average molecular weight is 387 g/mol. The monoisotopic (exact) mass is 387 g/mol. The molecule has 0 bridgehead atoms. The zero-order chi connectivity index (χ0) is 20.1. The van der Waals surface area contributed by atoms with Crippen molar-refractivity contribution in [1.82, 2.24) is 24.3 Å². The number of pyridine rings is 1. The van der Waals surface area contributed by atoms with Crippen LogP contribution >= 0.6 is 0 Å². The Balaban J connectivity index is 1.57. The summed E-state index contributed by atoms with van der Waals surface area (Å²) < 4.78 is 2.10. The van der Waals surface area contributed by atoms with Gasteiger partial charge in [0.15, 0.2) is 0 Å². The summed E-state index contributed by atoms with van der Waals surface area (Å²) in [6.45, 7) is 6.16. The number of hydrogen-bond donors (Lipinski definition) is 1. The number of benzene rings is 1. The van der Waals surface area contributed by atoms with Gasteiger partial charge in [0.25, 0.3) is 5.56 Å². The number of nitrogens with zero attached hydrogens (tertiary/aromatic N) is 4. The molecule has 0 amide bonds. The second kappa shape index (κ2) is 6.81. The number of aryl methyl sites for hydroxylation is 2. The zero-order valence-corrected chi connectivity index (χ0v) is 17.1. The smallest absolute Gasteiger partial charge is 0.258 e. The standard InChI is InChI=1S/C23H25N5O/c1-14-13-28-15(2)18(5-7-21(28)24-14)17-4-6-20-19(12-17)23(29)26-22(25-20)16-8-10-27(3)11-9-16/h4-7,12-13,16H,8-11H2,1-3H3,(H,25,26,29). The highest BCUT2D eigenvalue weighted by Gasteiger charge is 2.21. The summed E-state index contributed by atoms with van der Waals surface area (Å²) in [7, 11) is 2.14. The number of nitrogens with one attached hydrogen (secondary N) is 1. The van der Waals surface area contributed by atoms with Gasteiger partial charge in [-0.3, -0.25) is 4.79 Å². The Morgan fingerprint density at radius 2 is 1.86 bits per heavy atom. The summed E-state index contributed by atoms with van der Waals surface area (Å²) in [4.78, 5) is 27.6. The minimum absolute atomic E-state index is 0.0528. The van der Waals surface area contributed by atoms with Crippen molar-refractivity contribution >= 4 is 16.6 Å². The Morgan fingerprint density at radius 3 is 2.66 bits per heavy atom. The van der Waals surface area contributed by atoms with E-state index in [-0.39, 0.29) is 5.56 Å². The molecule has 1 aliphatic heterocycles. The minimum Gasteiger partial charge on any atom is -0.310 e. The number of hydrogen-bond acceptors (Lipinski definition) is 4. The fourth-order valence-corrected chi connectivity index (χ4v) is 4.42. The molecule has 1 fully saturated rings. The number of aromatic nitrogens is 4. The van der Waals surface area contributed by atoms with E-state index in [1.165, 1.54) is 0 Å². The molecular formula is C23H25N5O. The van der Waals surface area contributed by atoms with Crippen molar-refractivity contribution in [2.45, 2.75) is 32.6 Å². The van der Waals surface area contributed by atoms with Crippen LogP contribution in [0.25, 0.3) is 27.7 Å².